The zero-order valence-corrected chi connectivity index (χ0v) is 10.8. The molecule has 0 bridgehead atoms. The molecule has 1 heterocycles. The van der Waals surface area contributed by atoms with E-state index in [4.69, 9.17) is 5.73 Å². The van der Waals surface area contributed by atoms with E-state index in [1.165, 1.54) is 6.33 Å². The van der Waals surface area contributed by atoms with Crippen LogP contribution < -0.4 is 11.1 Å². The summed E-state index contributed by atoms with van der Waals surface area (Å²) in [6, 6.07) is 5.56. The second-order valence-corrected chi connectivity index (χ2v) is 5.28. The van der Waals surface area contributed by atoms with E-state index in [1.54, 1.807) is 0 Å². The molecular weight excluding hydrogens is 240 g/mol. The van der Waals surface area contributed by atoms with Gasteiger partial charge in [-0.1, -0.05) is 12.8 Å². The standard InChI is InChI=1S/C14H18N4O/c15-10-3-4-12-11(7-10)13(18-9-17-12)16-8-14(19)5-1-2-6-14/h3-4,7,9,19H,1-2,5-6,8,15H2,(H,16,17,18). The number of aromatic nitrogens is 2. The molecule has 0 spiro atoms. The van der Waals surface area contributed by atoms with Gasteiger partial charge in [0.1, 0.15) is 12.1 Å². The van der Waals surface area contributed by atoms with Gasteiger partial charge in [0.2, 0.25) is 0 Å². The number of benzene rings is 1. The molecule has 2 aromatic rings. The predicted molar refractivity (Wildman–Crippen MR) is 75.9 cm³/mol. The van der Waals surface area contributed by atoms with Crippen molar-refractivity contribution < 1.29 is 5.11 Å². The maximum absolute atomic E-state index is 10.3. The van der Waals surface area contributed by atoms with E-state index < -0.39 is 5.60 Å². The number of nitrogens with one attached hydrogen (secondary N) is 1. The van der Waals surface area contributed by atoms with Gasteiger partial charge in [-0.2, -0.15) is 0 Å². The normalized spacial score (nSPS) is 17.7. The van der Waals surface area contributed by atoms with Crippen LogP contribution in [0, 0.1) is 0 Å². The molecule has 100 valence electrons. The highest BCUT2D eigenvalue weighted by Gasteiger charge is 2.30. The van der Waals surface area contributed by atoms with Crippen LogP contribution in [0.3, 0.4) is 0 Å². The Balaban J connectivity index is 1.86. The summed E-state index contributed by atoms with van der Waals surface area (Å²) in [5.74, 6) is 0.734. The summed E-state index contributed by atoms with van der Waals surface area (Å²) in [5, 5.41) is 14.5. The first-order valence-electron chi connectivity index (χ1n) is 6.63. The Labute approximate surface area is 111 Å². The van der Waals surface area contributed by atoms with Gasteiger partial charge in [-0.15, -0.1) is 0 Å². The van der Waals surface area contributed by atoms with Crippen molar-refractivity contribution in [3.05, 3.63) is 24.5 Å². The van der Waals surface area contributed by atoms with Crippen molar-refractivity contribution in [3.63, 3.8) is 0 Å². The largest absolute Gasteiger partial charge is 0.399 e. The summed E-state index contributed by atoms with van der Waals surface area (Å²) >= 11 is 0. The van der Waals surface area contributed by atoms with Crippen molar-refractivity contribution in [1.29, 1.82) is 0 Å². The Morgan fingerprint density at radius 1 is 1.26 bits per heavy atom. The van der Waals surface area contributed by atoms with Gasteiger partial charge in [0.15, 0.2) is 0 Å². The third-order valence-corrected chi connectivity index (χ3v) is 3.78. The molecule has 0 aliphatic heterocycles. The van der Waals surface area contributed by atoms with Crippen molar-refractivity contribution in [2.24, 2.45) is 0 Å². The summed E-state index contributed by atoms with van der Waals surface area (Å²) < 4.78 is 0. The van der Waals surface area contributed by atoms with E-state index >= 15 is 0 Å². The molecule has 19 heavy (non-hydrogen) atoms. The number of hydrogen-bond acceptors (Lipinski definition) is 5. The van der Waals surface area contributed by atoms with Crippen LogP contribution in [-0.4, -0.2) is 27.2 Å². The molecule has 0 amide bonds. The Hall–Kier alpha value is -1.88. The smallest absolute Gasteiger partial charge is 0.137 e. The van der Waals surface area contributed by atoms with Crippen molar-refractivity contribution in [2.45, 2.75) is 31.3 Å². The van der Waals surface area contributed by atoms with E-state index in [1.807, 2.05) is 18.2 Å². The van der Waals surface area contributed by atoms with Crippen molar-refractivity contribution >= 4 is 22.4 Å². The lowest BCUT2D eigenvalue weighted by atomic mass is 10.0. The molecule has 1 fully saturated rings. The molecule has 1 aliphatic carbocycles. The Bertz CT molecular complexity index is 593. The fourth-order valence-corrected chi connectivity index (χ4v) is 2.67. The molecule has 3 rings (SSSR count). The van der Waals surface area contributed by atoms with Crippen LogP contribution in [0.4, 0.5) is 11.5 Å². The van der Waals surface area contributed by atoms with Gasteiger partial charge in [-0.25, -0.2) is 9.97 Å². The first-order chi connectivity index (χ1) is 9.16. The molecular formula is C14H18N4O. The molecule has 1 aromatic carbocycles. The van der Waals surface area contributed by atoms with Crippen LogP contribution >= 0.6 is 0 Å². The minimum atomic E-state index is -0.600. The molecule has 1 aromatic heterocycles. The lowest BCUT2D eigenvalue weighted by Crippen LogP contribution is -2.33. The molecule has 1 saturated carbocycles. The fraction of sp³-hybridized carbons (Fsp3) is 0.429. The van der Waals surface area contributed by atoms with Crippen molar-refractivity contribution in [1.82, 2.24) is 9.97 Å². The van der Waals surface area contributed by atoms with Crippen LogP contribution in [0.5, 0.6) is 0 Å². The van der Waals surface area contributed by atoms with Gasteiger partial charge < -0.3 is 16.2 Å². The molecule has 0 unspecified atom stereocenters. The Kier molecular flexibility index (Phi) is 2.98. The molecule has 4 N–H and O–H groups in total. The maximum Gasteiger partial charge on any atom is 0.137 e. The molecule has 0 atom stereocenters. The van der Waals surface area contributed by atoms with Crippen molar-refractivity contribution in [2.75, 3.05) is 17.6 Å². The van der Waals surface area contributed by atoms with Crippen molar-refractivity contribution in [3.8, 4) is 0 Å². The molecule has 5 nitrogen and oxygen atoms in total. The van der Waals surface area contributed by atoms with E-state index in [9.17, 15) is 5.11 Å². The number of aliphatic hydroxyl groups is 1. The second-order valence-electron chi connectivity index (χ2n) is 5.28. The third kappa shape index (κ3) is 2.46. The molecule has 0 radical (unpaired) electrons. The van der Waals surface area contributed by atoms with E-state index in [0.717, 1.165) is 42.4 Å². The topological polar surface area (TPSA) is 84.1 Å². The summed E-state index contributed by atoms with van der Waals surface area (Å²) in [6.07, 6.45) is 5.42. The highest BCUT2D eigenvalue weighted by Crippen LogP contribution is 2.30. The highest BCUT2D eigenvalue weighted by atomic mass is 16.3. The first kappa shape index (κ1) is 12.2. The van der Waals surface area contributed by atoms with Crippen LogP contribution in [0.2, 0.25) is 0 Å². The van der Waals surface area contributed by atoms with Gasteiger partial charge in [0, 0.05) is 17.6 Å². The zero-order chi connectivity index (χ0) is 13.3. The minimum absolute atomic E-state index is 0.522. The molecule has 5 heteroatoms. The third-order valence-electron chi connectivity index (χ3n) is 3.78. The van der Waals surface area contributed by atoms with Gasteiger partial charge in [-0.3, -0.25) is 0 Å². The Morgan fingerprint density at radius 3 is 2.84 bits per heavy atom. The lowest BCUT2D eigenvalue weighted by molar-refractivity contribution is 0.0614. The first-order valence-corrected chi connectivity index (χ1v) is 6.63. The average molecular weight is 258 g/mol. The van der Waals surface area contributed by atoms with Crippen LogP contribution in [0.1, 0.15) is 25.7 Å². The highest BCUT2D eigenvalue weighted by molar-refractivity contribution is 5.91. The van der Waals surface area contributed by atoms with Crippen LogP contribution in [0.15, 0.2) is 24.5 Å². The summed E-state index contributed by atoms with van der Waals surface area (Å²) in [5.41, 5.74) is 6.74. The van der Waals surface area contributed by atoms with E-state index in [2.05, 4.69) is 15.3 Å². The fourth-order valence-electron chi connectivity index (χ4n) is 2.67. The van der Waals surface area contributed by atoms with E-state index in [-0.39, 0.29) is 0 Å². The van der Waals surface area contributed by atoms with Crippen LogP contribution in [-0.2, 0) is 0 Å². The number of hydrogen-bond donors (Lipinski definition) is 3. The minimum Gasteiger partial charge on any atom is -0.399 e. The predicted octanol–water partition coefficient (Wildman–Crippen LogP) is 1.93. The van der Waals surface area contributed by atoms with Gasteiger partial charge in [0.25, 0.3) is 0 Å². The second kappa shape index (κ2) is 4.66. The van der Waals surface area contributed by atoms with Gasteiger partial charge in [-0.05, 0) is 31.0 Å². The monoisotopic (exact) mass is 258 g/mol. The maximum atomic E-state index is 10.3. The van der Waals surface area contributed by atoms with E-state index in [0.29, 0.717) is 12.2 Å². The summed E-state index contributed by atoms with van der Waals surface area (Å²) in [7, 11) is 0. The molecule has 1 aliphatic rings. The SMILES string of the molecule is Nc1ccc2ncnc(NCC3(O)CCCC3)c2c1. The van der Waals surface area contributed by atoms with Crippen LogP contribution in [0.25, 0.3) is 10.9 Å². The number of rotatable bonds is 3. The lowest BCUT2D eigenvalue weighted by Gasteiger charge is -2.23. The number of fused-ring (bicyclic) bond motifs is 1. The van der Waals surface area contributed by atoms with Gasteiger partial charge in [0.05, 0.1) is 11.1 Å². The zero-order valence-electron chi connectivity index (χ0n) is 10.8. The summed E-state index contributed by atoms with van der Waals surface area (Å²) in [6.45, 7) is 0.522. The Morgan fingerprint density at radius 2 is 2.05 bits per heavy atom. The number of nitrogen functional groups attached to an aromatic ring is 1. The molecule has 0 saturated heterocycles. The van der Waals surface area contributed by atoms with Gasteiger partial charge >= 0.3 is 0 Å². The quantitative estimate of drug-likeness (QED) is 0.733. The number of anilines is 2. The summed E-state index contributed by atoms with van der Waals surface area (Å²) in [4.78, 5) is 8.46. The number of nitrogens with two attached hydrogens (primary N) is 1. The average Bonchev–Trinajstić information content (AvgIpc) is 2.84. The number of nitrogens with zero attached hydrogens (tertiary/aromatic N) is 2.